The molecule has 0 bridgehead atoms. The number of imidazole rings is 1. The van der Waals surface area contributed by atoms with Gasteiger partial charge in [0.25, 0.3) is 11.9 Å². The number of nitrogens with zero attached hydrogens (tertiary/aromatic N) is 2. The van der Waals surface area contributed by atoms with E-state index in [1.807, 2.05) is 6.92 Å². The first kappa shape index (κ1) is 15.7. The van der Waals surface area contributed by atoms with Crippen LogP contribution in [-0.4, -0.2) is 57.9 Å². The van der Waals surface area contributed by atoms with E-state index in [9.17, 15) is 14.3 Å². The van der Waals surface area contributed by atoms with Crippen LogP contribution in [0.5, 0.6) is 6.01 Å². The smallest absolute Gasteiger partial charge is 0.294 e. The Balaban J connectivity index is 1.82. The van der Waals surface area contributed by atoms with Crippen molar-refractivity contribution in [3.8, 4) is 6.01 Å². The number of amides is 1. The molecule has 0 saturated carbocycles. The molecule has 23 heavy (non-hydrogen) atoms. The highest BCUT2D eigenvalue weighted by Crippen LogP contribution is 2.26. The van der Waals surface area contributed by atoms with Crippen molar-refractivity contribution in [2.75, 3.05) is 26.3 Å². The number of H-pyrrole nitrogens is 1. The summed E-state index contributed by atoms with van der Waals surface area (Å²) in [5.41, 5.74) is 0.170. The van der Waals surface area contributed by atoms with Crippen molar-refractivity contribution in [2.24, 2.45) is 0 Å². The molecular formula is C16H20FN3O3. The number of hydrogen-bond donors (Lipinski definition) is 2. The summed E-state index contributed by atoms with van der Waals surface area (Å²) in [6.07, 6.45) is 0.828. The highest BCUT2D eigenvalue weighted by atomic mass is 19.1. The lowest BCUT2D eigenvalue weighted by atomic mass is 9.95. The van der Waals surface area contributed by atoms with Crippen molar-refractivity contribution in [3.05, 3.63) is 23.8 Å². The van der Waals surface area contributed by atoms with E-state index in [-0.39, 0.29) is 18.9 Å². The number of halogens is 1. The molecule has 1 aliphatic rings. The molecule has 1 unspecified atom stereocenters. The van der Waals surface area contributed by atoms with Crippen LogP contribution in [0.25, 0.3) is 11.0 Å². The third-order valence-electron chi connectivity index (χ3n) is 4.09. The van der Waals surface area contributed by atoms with E-state index in [1.54, 1.807) is 18.2 Å². The van der Waals surface area contributed by atoms with Gasteiger partial charge in [0.1, 0.15) is 0 Å². The summed E-state index contributed by atoms with van der Waals surface area (Å²) >= 11 is 0. The van der Waals surface area contributed by atoms with Crippen LogP contribution < -0.4 is 4.74 Å². The molecule has 1 amide bonds. The number of piperidine rings is 1. The van der Waals surface area contributed by atoms with Crippen molar-refractivity contribution in [1.29, 1.82) is 0 Å². The first-order valence-corrected chi connectivity index (χ1v) is 7.76. The average Bonchev–Trinajstić information content (AvgIpc) is 2.96. The predicted octanol–water partition coefficient (Wildman–Crippen LogP) is 1.90. The fourth-order valence-corrected chi connectivity index (χ4v) is 2.90. The van der Waals surface area contributed by atoms with E-state index in [2.05, 4.69) is 9.97 Å². The highest BCUT2D eigenvalue weighted by Gasteiger charge is 2.37. The summed E-state index contributed by atoms with van der Waals surface area (Å²) in [6.45, 7) is 2.22. The fourth-order valence-electron chi connectivity index (χ4n) is 2.90. The van der Waals surface area contributed by atoms with E-state index >= 15 is 0 Å². The number of nitrogens with one attached hydrogen (secondary N) is 1. The molecule has 2 N–H and O–H groups in total. The third-order valence-corrected chi connectivity index (χ3v) is 4.09. The number of aliphatic hydroxyl groups excluding tert-OH is 1. The Hall–Kier alpha value is -2.15. The quantitative estimate of drug-likeness (QED) is 0.901. The third kappa shape index (κ3) is 3.14. The Labute approximate surface area is 133 Å². The number of aromatic amines is 1. The molecule has 1 fully saturated rings. The number of aromatic nitrogens is 2. The maximum Gasteiger partial charge on any atom is 0.294 e. The summed E-state index contributed by atoms with van der Waals surface area (Å²) in [6, 6.07) is 5.52. The Morgan fingerprint density at radius 2 is 2.39 bits per heavy atom. The molecule has 2 aromatic rings. The van der Waals surface area contributed by atoms with Crippen LogP contribution >= 0.6 is 0 Å². The second-order valence-electron chi connectivity index (χ2n) is 5.85. The normalized spacial score (nSPS) is 21.6. The van der Waals surface area contributed by atoms with Gasteiger partial charge in [0.05, 0.1) is 30.8 Å². The van der Waals surface area contributed by atoms with Crippen LogP contribution in [0.4, 0.5) is 4.39 Å². The minimum atomic E-state index is -1.70. The number of alkyl halides is 1. The molecule has 0 aliphatic carbocycles. The Morgan fingerprint density at radius 1 is 1.57 bits per heavy atom. The molecule has 3 rings (SSSR count). The van der Waals surface area contributed by atoms with Gasteiger partial charge in [-0.25, -0.2) is 4.39 Å². The monoisotopic (exact) mass is 321 g/mol. The van der Waals surface area contributed by atoms with Crippen LogP contribution in [0.2, 0.25) is 0 Å². The zero-order chi connectivity index (χ0) is 16.4. The lowest BCUT2D eigenvalue weighted by Gasteiger charge is -2.36. The van der Waals surface area contributed by atoms with Crippen molar-refractivity contribution >= 4 is 16.9 Å². The molecule has 2 heterocycles. The number of aliphatic hydroxyl groups is 1. The number of hydrogen-bond acceptors (Lipinski definition) is 4. The standard InChI is InChI=1S/C16H20FN3O3/c1-2-23-15-18-12-5-4-11(8-13(12)19-15)14(22)20-7-3-6-16(17,9-20)10-21/h4-5,8,21H,2-3,6-7,9-10H2,1H3,(H,18,19). The number of fused-ring (bicyclic) bond motifs is 1. The summed E-state index contributed by atoms with van der Waals surface area (Å²) < 4.78 is 19.6. The van der Waals surface area contributed by atoms with Gasteiger partial charge in [0, 0.05) is 12.1 Å². The van der Waals surface area contributed by atoms with E-state index in [0.29, 0.717) is 42.2 Å². The minimum Gasteiger partial charge on any atom is -0.465 e. The van der Waals surface area contributed by atoms with Gasteiger partial charge in [-0.05, 0) is 38.0 Å². The van der Waals surface area contributed by atoms with Gasteiger partial charge >= 0.3 is 0 Å². The van der Waals surface area contributed by atoms with Gasteiger partial charge in [-0.2, -0.15) is 4.98 Å². The lowest BCUT2D eigenvalue weighted by molar-refractivity contribution is 0.00174. The number of carbonyl (C=O) groups excluding carboxylic acids is 1. The van der Waals surface area contributed by atoms with E-state index in [1.165, 1.54) is 4.90 Å². The van der Waals surface area contributed by atoms with Gasteiger partial charge < -0.3 is 19.7 Å². The van der Waals surface area contributed by atoms with Crippen LogP contribution in [0, 0.1) is 0 Å². The topological polar surface area (TPSA) is 78.4 Å². The highest BCUT2D eigenvalue weighted by molar-refractivity contribution is 5.97. The Kier molecular flexibility index (Phi) is 4.21. The zero-order valence-corrected chi connectivity index (χ0v) is 13.0. The van der Waals surface area contributed by atoms with E-state index < -0.39 is 12.3 Å². The fraction of sp³-hybridized carbons (Fsp3) is 0.500. The number of likely N-dealkylation sites (tertiary alicyclic amines) is 1. The predicted molar refractivity (Wildman–Crippen MR) is 83.3 cm³/mol. The maximum atomic E-state index is 14.3. The van der Waals surface area contributed by atoms with Gasteiger partial charge in [0.2, 0.25) is 0 Å². The molecule has 1 saturated heterocycles. The number of benzene rings is 1. The molecule has 124 valence electrons. The van der Waals surface area contributed by atoms with Gasteiger partial charge in [0.15, 0.2) is 5.67 Å². The van der Waals surface area contributed by atoms with Crippen molar-refractivity contribution in [1.82, 2.24) is 14.9 Å². The molecule has 1 aliphatic heterocycles. The molecule has 1 aromatic carbocycles. The molecular weight excluding hydrogens is 301 g/mol. The summed E-state index contributed by atoms with van der Waals surface area (Å²) in [7, 11) is 0. The van der Waals surface area contributed by atoms with Crippen LogP contribution in [0.15, 0.2) is 18.2 Å². The SMILES string of the molecule is CCOc1nc2ccc(C(=O)N3CCCC(F)(CO)C3)cc2[nH]1. The van der Waals surface area contributed by atoms with Crippen molar-refractivity contribution in [3.63, 3.8) is 0 Å². The first-order chi connectivity index (χ1) is 11.0. The first-order valence-electron chi connectivity index (χ1n) is 7.76. The lowest BCUT2D eigenvalue weighted by Crippen LogP contribution is -2.49. The largest absolute Gasteiger partial charge is 0.465 e. The summed E-state index contributed by atoms with van der Waals surface area (Å²) in [4.78, 5) is 21.3. The summed E-state index contributed by atoms with van der Waals surface area (Å²) in [5, 5.41) is 9.17. The van der Waals surface area contributed by atoms with Gasteiger partial charge in [-0.3, -0.25) is 4.79 Å². The second-order valence-corrected chi connectivity index (χ2v) is 5.85. The van der Waals surface area contributed by atoms with E-state index in [4.69, 9.17) is 4.74 Å². The molecule has 0 radical (unpaired) electrons. The Morgan fingerprint density at radius 3 is 3.13 bits per heavy atom. The Bertz CT molecular complexity index is 718. The van der Waals surface area contributed by atoms with Crippen LogP contribution in [0.3, 0.4) is 0 Å². The zero-order valence-electron chi connectivity index (χ0n) is 13.0. The van der Waals surface area contributed by atoms with Crippen molar-refractivity contribution < 1.29 is 19.0 Å². The second kappa shape index (κ2) is 6.16. The molecule has 7 heteroatoms. The average molecular weight is 321 g/mol. The number of carbonyl (C=O) groups is 1. The molecule has 6 nitrogen and oxygen atoms in total. The number of ether oxygens (including phenoxy) is 1. The van der Waals surface area contributed by atoms with Gasteiger partial charge in [-0.15, -0.1) is 0 Å². The maximum absolute atomic E-state index is 14.3. The number of rotatable bonds is 4. The van der Waals surface area contributed by atoms with E-state index in [0.717, 1.165) is 0 Å². The molecule has 0 spiro atoms. The van der Waals surface area contributed by atoms with Crippen molar-refractivity contribution in [2.45, 2.75) is 25.4 Å². The molecule has 1 aromatic heterocycles. The van der Waals surface area contributed by atoms with Gasteiger partial charge in [-0.1, -0.05) is 0 Å². The minimum absolute atomic E-state index is 0.0759. The summed E-state index contributed by atoms with van der Waals surface area (Å²) in [5.74, 6) is -0.241. The van der Waals surface area contributed by atoms with Crippen LogP contribution in [-0.2, 0) is 0 Å². The molecule has 1 atom stereocenters. The van der Waals surface area contributed by atoms with Crippen LogP contribution in [0.1, 0.15) is 30.1 Å².